The highest BCUT2D eigenvalue weighted by atomic mass is 32.1. The molecule has 0 amide bonds. The Morgan fingerprint density at radius 3 is 2.54 bits per heavy atom. The molecule has 0 aliphatic carbocycles. The van der Waals surface area contributed by atoms with E-state index in [2.05, 4.69) is 12.6 Å². The molecular weight excluding hydrogens is 182 g/mol. The van der Waals surface area contributed by atoms with Gasteiger partial charge < -0.3 is 0 Å². The molecule has 0 aliphatic heterocycles. The average Bonchev–Trinajstić information content (AvgIpc) is 2.15. The van der Waals surface area contributed by atoms with E-state index in [1.165, 1.54) is 0 Å². The highest BCUT2D eigenvalue weighted by Crippen LogP contribution is 2.10. The Labute approximate surface area is 82.6 Å². The minimum absolute atomic E-state index is 0.00915. The van der Waals surface area contributed by atoms with Crippen LogP contribution in [0.4, 0.5) is 0 Å². The van der Waals surface area contributed by atoms with Crippen LogP contribution in [0.3, 0.4) is 0 Å². The first kappa shape index (κ1) is 9.82. The molecule has 1 rings (SSSR count). The second-order valence-corrected chi connectivity index (χ2v) is 3.14. The lowest BCUT2D eigenvalue weighted by atomic mass is 10.1. The Hall–Kier alpha value is -1.27. The van der Waals surface area contributed by atoms with E-state index in [1.807, 2.05) is 6.07 Å². The van der Waals surface area contributed by atoms with Gasteiger partial charge in [0.2, 0.25) is 0 Å². The summed E-state index contributed by atoms with van der Waals surface area (Å²) in [4.78, 5) is 12.2. The topological polar surface area (TPSA) is 40.9 Å². The van der Waals surface area contributed by atoms with Gasteiger partial charge in [-0.25, -0.2) is 0 Å². The predicted octanol–water partition coefficient (Wildman–Crippen LogP) is 2.46. The molecule has 13 heavy (non-hydrogen) atoms. The summed E-state index contributed by atoms with van der Waals surface area (Å²) in [7, 11) is 0. The molecule has 1 aromatic carbocycles. The lowest BCUT2D eigenvalue weighted by molar-refractivity contribution is 0.0984. The van der Waals surface area contributed by atoms with Crippen LogP contribution in [-0.4, -0.2) is 5.78 Å². The van der Waals surface area contributed by atoms with Crippen molar-refractivity contribution in [1.29, 1.82) is 5.26 Å². The maximum atomic E-state index is 11.3. The van der Waals surface area contributed by atoms with E-state index in [9.17, 15) is 4.79 Å². The van der Waals surface area contributed by atoms with E-state index < -0.39 is 0 Å². The number of nitrogens with zero attached hydrogens (tertiary/aromatic N) is 1. The minimum Gasteiger partial charge on any atom is -0.294 e. The standard InChI is InChI=1S/C10H9NOS/c11-7-1-2-10(12)8-3-5-9(13)6-4-8/h3-6,13H,1-2H2. The van der Waals surface area contributed by atoms with Crippen LogP contribution in [0.1, 0.15) is 23.2 Å². The van der Waals surface area contributed by atoms with Crippen LogP contribution in [0, 0.1) is 11.3 Å². The summed E-state index contributed by atoms with van der Waals surface area (Å²) in [6.45, 7) is 0. The molecule has 0 unspecified atom stereocenters. The van der Waals surface area contributed by atoms with Crippen LogP contribution in [0.15, 0.2) is 29.2 Å². The fourth-order valence-electron chi connectivity index (χ4n) is 0.961. The molecular formula is C10H9NOS. The minimum atomic E-state index is 0.00915. The van der Waals surface area contributed by atoms with Crippen LogP contribution < -0.4 is 0 Å². The summed E-state index contributed by atoms with van der Waals surface area (Å²) >= 11 is 4.11. The van der Waals surface area contributed by atoms with Crippen molar-refractivity contribution in [2.45, 2.75) is 17.7 Å². The molecule has 1 aromatic rings. The molecule has 0 saturated carbocycles. The maximum absolute atomic E-state index is 11.3. The van der Waals surface area contributed by atoms with Crippen LogP contribution in [0.2, 0.25) is 0 Å². The smallest absolute Gasteiger partial charge is 0.163 e. The Morgan fingerprint density at radius 1 is 1.38 bits per heavy atom. The van der Waals surface area contributed by atoms with Crippen LogP contribution >= 0.6 is 12.6 Å². The summed E-state index contributed by atoms with van der Waals surface area (Å²) in [5.74, 6) is 0.00915. The number of ketones is 1. The van der Waals surface area contributed by atoms with Crippen LogP contribution in [0.25, 0.3) is 0 Å². The molecule has 3 heteroatoms. The molecule has 0 spiro atoms. The quantitative estimate of drug-likeness (QED) is 0.589. The third-order valence-corrected chi connectivity index (χ3v) is 1.95. The van der Waals surface area contributed by atoms with E-state index in [-0.39, 0.29) is 12.2 Å². The largest absolute Gasteiger partial charge is 0.294 e. The summed E-state index contributed by atoms with van der Waals surface area (Å²) in [6.07, 6.45) is 0.573. The van der Waals surface area contributed by atoms with Crippen LogP contribution in [-0.2, 0) is 0 Å². The van der Waals surface area contributed by atoms with E-state index in [4.69, 9.17) is 5.26 Å². The number of rotatable bonds is 3. The second kappa shape index (κ2) is 4.68. The van der Waals surface area contributed by atoms with Gasteiger partial charge in [0, 0.05) is 23.3 Å². The van der Waals surface area contributed by atoms with Crippen molar-refractivity contribution in [2.75, 3.05) is 0 Å². The maximum Gasteiger partial charge on any atom is 0.163 e. The predicted molar refractivity (Wildman–Crippen MR) is 52.9 cm³/mol. The van der Waals surface area contributed by atoms with Crippen molar-refractivity contribution in [1.82, 2.24) is 0 Å². The zero-order valence-corrected chi connectivity index (χ0v) is 7.92. The molecule has 66 valence electrons. The van der Waals surface area contributed by atoms with E-state index in [1.54, 1.807) is 24.3 Å². The number of thiol groups is 1. The van der Waals surface area contributed by atoms with Crippen molar-refractivity contribution < 1.29 is 4.79 Å². The number of Topliss-reactive ketones (excluding diaryl/α,β-unsaturated/α-hetero) is 1. The lowest BCUT2D eigenvalue weighted by Gasteiger charge is -1.97. The Kier molecular flexibility index (Phi) is 3.53. The number of hydrogen-bond donors (Lipinski definition) is 1. The van der Waals surface area contributed by atoms with Crippen molar-refractivity contribution in [3.63, 3.8) is 0 Å². The summed E-state index contributed by atoms with van der Waals surface area (Å²) < 4.78 is 0. The number of carbonyl (C=O) groups excluding carboxylic acids is 1. The van der Waals surface area contributed by atoms with E-state index >= 15 is 0 Å². The number of carbonyl (C=O) groups is 1. The van der Waals surface area contributed by atoms with Crippen molar-refractivity contribution in [2.24, 2.45) is 0 Å². The molecule has 0 fully saturated rings. The van der Waals surface area contributed by atoms with Gasteiger partial charge in [-0.05, 0) is 12.1 Å². The van der Waals surface area contributed by atoms with Gasteiger partial charge in [-0.1, -0.05) is 12.1 Å². The third-order valence-electron chi connectivity index (χ3n) is 1.65. The van der Waals surface area contributed by atoms with Gasteiger partial charge in [0.15, 0.2) is 5.78 Å². The Morgan fingerprint density at radius 2 is 2.00 bits per heavy atom. The van der Waals surface area contributed by atoms with Gasteiger partial charge in [-0.2, -0.15) is 5.26 Å². The van der Waals surface area contributed by atoms with Gasteiger partial charge >= 0.3 is 0 Å². The fraction of sp³-hybridized carbons (Fsp3) is 0.200. The first-order valence-electron chi connectivity index (χ1n) is 3.93. The molecule has 0 radical (unpaired) electrons. The first-order valence-corrected chi connectivity index (χ1v) is 4.38. The summed E-state index contributed by atoms with van der Waals surface area (Å²) in [6, 6.07) is 8.93. The van der Waals surface area contributed by atoms with Gasteiger partial charge in [0.05, 0.1) is 6.07 Å². The molecule has 2 nitrogen and oxygen atoms in total. The Balaban J connectivity index is 2.68. The van der Waals surface area contributed by atoms with Crippen molar-refractivity contribution >= 4 is 18.4 Å². The molecule has 0 bridgehead atoms. The molecule has 0 saturated heterocycles. The van der Waals surface area contributed by atoms with Gasteiger partial charge in [-0.3, -0.25) is 4.79 Å². The van der Waals surface area contributed by atoms with Crippen molar-refractivity contribution in [3.8, 4) is 6.07 Å². The number of nitriles is 1. The van der Waals surface area contributed by atoms with Gasteiger partial charge in [0.25, 0.3) is 0 Å². The highest BCUT2D eigenvalue weighted by molar-refractivity contribution is 7.80. The monoisotopic (exact) mass is 191 g/mol. The molecule has 0 aliphatic rings. The normalized spacial score (nSPS) is 9.23. The van der Waals surface area contributed by atoms with E-state index in [0.29, 0.717) is 12.0 Å². The molecule has 0 heterocycles. The molecule has 0 atom stereocenters. The lowest BCUT2D eigenvalue weighted by Crippen LogP contribution is -1.97. The second-order valence-electron chi connectivity index (χ2n) is 2.63. The van der Waals surface area contributed by atoms with Crippen molar-refractivity contribution in [3.05, 3.63) is 29.8 Å². The van der Waals surface area contributed by atoms with Gasteiger partial charge in [0.1, 0.15) is 0 Å². The Bertz CT molecular complexity index is 337. The van der Waals surface area contributed by atoms with Gasteiger partial charge in [-0.15, -0.1) is 12.6 Å². The van der Waals surface area contributed by atoms with Crippen LogP contribution in [0.5, 0.6) is 0 Å². The molecule has 0 N–H and O–H groups in total. The molecule has 0 aromatic heterocycles. The number of hydrogen-bond acceptors (Lipinski definition) is 3. The summed E-state index contributed by atoms with van der Waals surface area (Å²) in [5.41, 5.74) is 0.646. The zero-order chi connectivity index (χ0) is 9.68. The van der Waals surface area contributed by atoms with E-state index in [0.717, 1.165) is 4.90 Å². The third kappa shape index (κ3) is 2.92. The first-order chi connectivity index (χ1) is 6.24. The fourth-order valence-corrected chi connectivity index (χ4v) is 1.11. The number of benzene rings is 1. The summed E-state index contributed by atoms with van der Waals surface area (Å²) in [5, 5.41) is 8.29. The average molecular weight is 191 g/mol. The highest BCUT2D eigenvalue weighted by Gasteiger charge is 2.03. The SMILES string of the molecule is N#CCCC(=O)c1ccc(S)cc1. The zero-order valence-electron chi connectivity index (χ0n) is 7.03.